The molecule has 0 spiro atoms. The van der Waals surface area contributed by atoms with Gasteiger partial charge in [0.15, 0.2) is 0 Å². The molecule has 20 heavy (non-hydrogen) atoms. The Morgan fingerprint density at radius 1 is 1.20 bits per heavy atom. The summed E-state index contributed by atoms with van der Waals surface area (Å²) in [4.78, 5) is 7.65. The van der Waals surface area contributed by atoms with Crippen molar-refractivity contribution in [3.8, 4) is 5.75 Å². The fourth-order valence-corrected chi connectivity index (χ4v) is 2.19. The van der Waals surface area contributed by atoms with Crippen LogP contribution in [0.5, 0.6) is 5.75 Å². The molecule has 1 aromatic heterocycles. The lowest BCUT2D eigenvalue weighted by molar-refractivity contribution is 0.414. The Kier molecular flexibility index (Phi) is 4.16. The second-order valence-corrected chi connectivity index (χ2v) is 5.22. The van der Waals surface area contributed by atoms with Crippen LogP contribution >= 0.6 is 0 Å². The molecule has 0 saturated carbocycles. The van der Waals surface area contributed by atoms with Crippen LogP contribution in [0.15, 0.2) is 42.7 Å². The number of anilines is 1. The highest BCUT2D eigenvalue weighted by molar-refractivity contribution is 7.87. The quantitative estimate of drug-likeness (QED) is 0.836. The predicted molar refractivity (Wildman–Crippen MR) is 72.8 cm³/mol. The molecule has 0 atom stereocenters. The first-order valence-corrected chi connectivity index (χ1v) is 7.05. The first kappa shape index (κ1) is 14.2. The molecule has 1 aromatic carbocycles. The molecule has 0 amide bonds. The SMILES string of the molecule is COc1ccc(CN(c2ncccn2)S(=O)(=O)O)cc1. The number of rotatable bonds is 5. The monoisotopic (exact) mass is 295 g/mol. The van der Waals surface area contributed by atoms with Crippen molar-refractivity contribution in [3.05, 3.63) is 48.3 Å². The van der Waals surface area contributed by atoms with Crippen molar-refractivity contribution in [3.63, 3.8) is 0 Å². The molecule has 0 fully saturated rings. The van der Waals surface area contributed by atoms with Crippen LogP contribution in [-0.2, 0) is 16.8 Å². The highest BCUT2D eigenvalue weighted by atomic mass is 32.2. The number of nitrogens with zero attached hydrogens (tertiary/aromatic N) is 3. The summed E-state index contributed by atoms with van der Waals surface area (Å²) < 4.78 is 37.9. The average molecular weight is 295 g/mol. The molecule has 0 radical (unpaired) electrons. The van der Waals surface area contributed by atoms with Crippen LogP contribution < -0.4 is 9.04 Å². The summed E-state index contributed by atoms with van der Waals surface area (Å²) in [6.07, 6.45) is 2.79. The van der Waals surface area contributed by atoms with E-state index in [0.717, 1.165) is 4.31 Å². The summed E-state index contributed by atoms with van der Waals surface area (Å²) in [6, 6.07) is 8.34. The van der Waals surface area contributed by atoms with Gasteiger partial charge in [0.1, 0.15) is 5.75 Å². The van der Waals surface area contributed by atoms with E-state index in [1.807, 2.05) is 0 Å². The van der Waals surface area contributed by atoms with Gasteiger partial charge in [-0.25, -0.2) is 14.3 Å². The Labute approximate surface area is 116 Å². The van der Waals surface area contributed by atoms with Crippen molar-refractivity contribution >= 4 is 16.3 Å². The van der Waals surface area contributed by atoms with Gasteiger partial charge in [0.25, 0.3) is 0 Å². The standard InChI is InChI=1S/C12H13N3O4S/c1-19-11-5-3-10(4-6-11)9-15(20(16,17)18)12-13-7-2-8-14-12/h2-8H,9H2,1H3,(H,16,17,18). The molecular weight excluding hydrogens is 282 g/mol. The van der Waals surface area contributed by atoms with Crippen molar-refractivity contribution in [2.75, 3.05) is 11.4 Å². The van der Waals surface area contributed by atoms with Crippen LogP contribution in [0.2, 0.25) is 0 Å². The third-order valence-electron chi connectivity index (χ3n) is 2.54. The zero-order valence-electron chi connectivity index (χ0n) is 10.7. The van der Waals surface area contributed by atoms with Gasteiger partial charge in [-0.2, -0.15) is 8.42 Å². The summed E-state index contributed by atoms with van der Waals surface area (Å²) in [6.45, 7) is -0.0765. The summed E-state index contributed by atoms with van der Waals surface area (Å²) in [7, 11) is -2.92. The minimum Gasteiger partial charge on any atom is -0.497 e. The van der Waals surface area contributed by atoms with Crippen molar-refractivity contribution in [2.45, 2.75) is 6.54 Å². The molecule has 0 saturated heterocycles. The van der Waals surface area contributed by atoms with Crippen molar-refractivity contribution in [2.24, 2.45) is 0 Å². The lowest BCUT2D eigenvalue weighted by atomic mass is 10.2. The third kappa shape index (κ3) is 3.43. The summed E-state index contributed by atoms with van der Waals surface area (Å²) in [5.41, 5.74) is 0.663. The number of hydrogen-bond donors (Lipinski definition) is 1. The zero-order valence-corrected chi connectivity index (χ0v) is 11.5. The van der Waals surface area contributed by atoms with Gasteiger partial charge < -0.3 is 4.74 Å². The number of benzene rings is 1. The van der Waals surface area contributed by atoms with E-state index in [1.165, 1.54) is 19.5 Å². The van der Waals surface area contributed by atoms with Crippen LogP contribution in [0.3, 0.4) is 0 Å². The molecule has 0 aliphatic heterocycles. The molecule has 1 heterocycles. The number of ether oxygens (including phenoxy) is 1. The maximum absolute atomic E-state index is 11.4. The molecule has 0 bridgehead atoms. The Balaban J connectivity index is 2.29. The fraction of sp³-hybridized carbons (Fsp3) is 0.167. The highest BCUT2D eigenvalue weighted by Crippen LogP contribution is 2.17. The maximum atomic E-state index is 11.4. The molecule has 0 unspecified atom stereocenters. The Morgan fingerprint density at radius 2 is 1.80 bits per heavy atom. The van der Waals surface area contributed by atoms with E-state index in [-0.39, 0.29) is 12.5 Å². The molecule has 8 heteroatoms. The molecular formula is C12H13N3O4S. The van der Waals surface area contributed by atoms with Crippen LogP contribution in [-0.4, -0.2) is 30.0 Å². The second kappa shape index (κ2) is 5.85. The molecule has 2 aromatic rings. The van der Waals surface area contributed by atoms with E-state index in [1.54, 1.807) is 30.3 Å². The Hall–Kier alpha value is -2.19. The fourth-order valence-electron chi connectivity index (χ4n) is 1.57. The van der Waals surface area contributed by atoms with Gasteiger partial charge in [-0.15, -0.1) is 0 Å². The normalized spacial score (nSPS) is 11.1. The van der Waals surface area contributed by atoms with Crippen LogP contribution in [0, 0.1) is 0 Å². The van der Waals surface area contributed by atoms with E-state index in [9.17, 15) is 13.0 Å². The van der Waals surface area contributed by atoms with Crippen molar-refractivity contribution in [1.29, 1.82) is 0 Å². The molecule has 0 aliphatic carbocycles. The summed E-state index contributed by atoms with van der Waals surface area (Å²) in [5, 5.41) is 0. The van der Waals surface area contributed by atoms with Crippen molar-refractivity contribution < 1.29 is 17.7 Å². The van der Waals surface area contributed by atoms with Gasteiger partial charge in [-0.3, -0.25) is 4.55 Å². The average Bonchev–Trinajstić information content (AvgIpc) is 2.45. The largest absolute Gasteiger partial charge is 0.497 e. The lowest BCUT2D eigenvalue weighted by Gasteiger charge is -2.18. The first-order valence-electron chi connectivity index (χ1n) is 5.66. The van der Waals surface area contributed by atoms with Gasteiger partial charge in [0.05, 0.1) is 13.7 Å². The second-order valence-electron chi connectivity index (χ2n) is 3.88. The highest BCUT2D eigenvalue weighted by Gasteiger charge is 2.22. The summed E-state index contributed by atoms with van der Waals surface area (Å²) >= 11 is 0. The van der Waals surface area contributed by atoms with E-state index in [2.05, 4.69) is 9.97 Å². The van der Waals surface area contributed by atoms with Gasteiger partial charge >= 0.3 is 10.3 Å². The van der Waals surface area contributed by atoms with Crippen LogP contribution in [0.4, 0.5) is 5.95 Å². The van der Waals surface area contributed by atoms with Crippen LogP contribution in [0.1, 0.15) is 5.56 Å². The van der Waals surface area contributed by atoms with E-state index >= 15 is 0 Å². The van der Waals surface area contributed by atoms with E-state index in [0.29, 0.717) is 11.3 Å². The van der Waals surface area contributed by atoms with Gasteiger partial charge in [0.2, 0.25) is 5.95 Å². The predicted octanol–water partition coefficient (Wildman–Crippen LogP) is 1.29. The molecule has 2 rings (SSSR count). The zero-order chi connectivity index (χ0) is 14.6. The van der Waals surface area contributed by atoms with E-state index < -0.39 is 10.3 Å². The Morgan fingerprint density at radius 3 is 2.30 bits per heavy atom. The maximum Gasteiger partial charge on any atom is 0.362 e. The third-order valence-corrected chi connectivity index (χ3v) is 3.39. The first-order chi connectivity index (χ1) is 9.50. The Bertz CT molecular complexity index is 659. The van der Waals surface area contributed by atoms with Gasteiger partial charge in [0, 0.05) is 12.4 Å². The molecule has 106 valence electrons. The van der Waals surface area contributed by atoms with Gasteiger partial charge in [-0.1, -0.05) is 12.1 Å². The topological polar surface area (TPSA) is 92.6 Å². The van der Waals surface area contributed by atoms with E-state index in [4.69, 9.17) is 4.74 Å². The number of hydrogen-bond acceptors (Lipinski definition) is 5. The number of methoxy groups -OCH3 is 1. The molecule has 7 nitrogen and oxygen atoms in total. The van der Waals surface area contributed by atoms with Crippen LogP contribution in [0.25, 0.3) is 0 Å². The number of aromatic nitrogens is 2. The smallest absolute Gasteiger partial charge is 0.362 e. The summed E-state index contributed by atoms with van der Waals surface area (Å²) in [5.74, 6) is 0.564. The molecule has 1 N–H and O–H groups in total. The minimum atomic E-state index is -4.45. The van der Waals surface area contributed by atoms with Crippen molar-refractivity contribution in [1.82, 2.24) is 9.97 Å². The minimum absolute atomic E-state index is 0.0765. The molecule has 0 aliphatic rings. The van der Waals surface area contributed by atoms with Gasteiger partial charge in [-0.05, 0) is 23.8 Å². The lowest BCUT2D eigenvalue weighted by Crippen LogP contribution is -2.31.